The van der Waals surface area contributed by atoms with Crippen LogP contribution >= 0.6 is 0 Å². The van der Waals surface area contributed by atoms with Gasteiger partial charge in [-0.2, -0.15) is 0 Å². The smallest absolute Gasteiger partial charge is 0.327 e. The van der Waals surface area contributed by atoms with Crippen molar-refractivity contribution < 1.29 is 14.3 Å². The molecule has 0 aliphatic carbocycles. The highest BCUT2D eigenvalue weighted by Crippen LogP contribution is 2.21. The van der Waals surface area contributed by atoms with Gasteiger partial charge < -0.3 is 14.1 Å². The predicted octanol–water partition coefficient (Wildman–Crippen LogP) is 4.27. The summed E-state index contributed by atoms with van der Waals surface area (Å²) in [6, 6.07) is 12.7. The van der Waals surface area contributed by atoms with E-state index in [-0.39, 0.29) is 6.42 Å². The molecule has 1 atom stereocenters. The van der Waals surface area contributed by atoms with E-state index in [9.17, 15) is 9.90 Å². The van der Waals surface area contributed by atoms with Crippen LogP contribution in [0.25, 0.3) is 11.5 Å². The molecular formula is C22H20N2O3. The molecule has 0 saturated carbocycles. The third kappa shape index (κ3) is 4.77. The Bertz CT molecular complexity index is 974. The van der Waals surface area contributed by atoms with Crippen molar-refractivity contribution in [3.8, 4) is 23.3 Å². The van der Waals surface area contributed by atoms with E-state index in [4.69, 9.17) is 4.42 Å². The van der Waals surface area contributed by atoms with Gasteiger partial charge in [-0.25, -0.2) is 9.78 Å². The molecule has 0 aliphatic heterocycles. The number of hydrogen-bond acceptors (Lipinski definition) is 3. The fourth-order valence-electron chi connectivity index (χ4n) is 2.64. The van der Waals surface area contributed by atoms with E-state index in [0.717, 1.165) is 17.0 Å². The van der Waals surface area contributed by atoms with Gasteiger partial charge in [0.25, 0.3) is 0 Å². The SMILES string of the molecule is Cc1oc(-c2ccccc2)nc1C/C=C/C#CCC(C(=O)O)n1cccc1. The van der Waals surface area contributed by atoms with Crippen molar-refractivity contribution in [2.45, 2.75) is 25.8 Å². The van der Waals surface area contributed by atoms with Gasteiger partial charge in [-0.1, -0.05) is 36.1 Å². The van der Waals surface area contributed by atoms with Crippen LogP contribution in [0.5, 0.6) is 0 Å². The van der Waals surface area contributed by atoms with Gasteiger partial charge in [0.15, 0.2) is 0 Å². The van der Waals surface area contributed by atoms with Gasteiger partial charge in [-0.15, -0.1) is 0 Å². The van der Waals surface area contributed by atoms with Crippen molar-refractivity contribution in [1.82, 2.24) is 9.55 Å². The fraction of sp³-hybridized carbons (Fsp3) is 0.182. The zero-order chi connectivity index (χ0) is 19.1. The summed E-state index contributed by atoms with van der Waals surface area (Å²) < 4.78 is 7.37. The molecule has 3 rings (SSSR count). The van der Waals surface area contributed by atoms with Crippen molar-refractivity contribution in [3.63, 3.8) is 0 Å². The number of benzene rings is 1. The summed E-state index contributed by atoms with van der Waals surface area (Å²) in [6.07, 6.45) is 7.94. The minimum absolute atomic E-state index is 0.246. The topological polar surface area (TPSA) is 68.3 Å². The number of carbonyl (C=O) groups is 1. The van der Waals surface area contributed by atoms with Gasteiger partial charge in [0.05, 0.1) is 5.69 Å². The number of nitrogens with zero attached hydrogens (tertiary/aromatic N) is 2. The molecule has 0 radical (unpaired) electrons. The number of carboxylic acid groups (broad SMARTS) is 1. The summed E-state index contributed by atoms with van der Waals surface area (Å²) in [5.41, 5.74) is 1.81. The summed E-state index contributed by atoms with van der Waals surface area (Å²) in [4.78, 5) is 15.9. The molecule has 3 aromatic rings. The fourth-order valence-corrected chi connectivity index (χ4v) is 2.64. The molecule has 136 valence electrons. The average molecular weight is 360 g/mol. The Balaban J connectivity index is 1.58. The van der Waals surface area contributed by atoms with Gasteiger partial charge in [-0.3, -0.25) is 0 Å². The molecule has 0 saturated heterocycles. The van der Waals surface area contributed by atoms with Crippen molar-refractivity contribution >= 4 is 5.97 Å². The lowest BCUT2D eigenvalue weighted by Crippen LogP contribution is -2.16. The molecule has 2 heterocycles. The van der Waals surface area contributed by atoms with Gasteiger partial charge >= 0.3 is 5.97 Å². The first-order chi connectivity index (χ1) is 13.1. The molecule has 0 bridgehead atoms. The van der Waals surface area contributed by atoms with Gasteiger partial charge in [0.1, 0.15) is 11.8 Å². The lowest BCUT2D eigenvalue weighted by atomic mass is 10.2. The van der Waals surface area contributed by atoms with Crippen LogP contribution < -0.4 is 0 Å². The van der Waals surface area contributed by atoms with Crippen LogP contribution in [0.3, 0.4) is 0 Å². The molecule has 2 aromatic heterocycles. The maximum atomic E-state index is 11.3. The first-order valence-electron chi connectivity index (χ1n) is 8.65. The Hall–Kier alpha value is -3.52. The number of oxazole rings is 1. The van der Waals surface area contributed by atoms with Crippen LogP contribution in [0.1, 0.15) is 23.9 Å². The van der Waals surface area contributed by atoms with Crippen LogP contribution in [0.15, 0.2) is 71.4 Å². The number of aliphatic carboxylic acids is 1. The highest BCUT2D eigenvalue weighted by molar-refractivity contribution is 5.72. The van der Waals surface area contributed by atoms with E-state index in [1.807, 2.05) is 43.3 Å². The third-order valence-electron chi connectivity index (χ3n) is 4.10. The van der Waals surface area contributed by atoms with Crippen LogP contribution in [0, 0.1) is 18.8 Å². The van der Waals surface area contributed by atoms with Crippen molar-refractivity contribution in [1.29, 1.82) is 0 Å². The van der Waals surface area contributed by atoms with Crippen LogP contribution in [0.2, 0.25) is 0 Å². The molecule has 0 amide bonds. The Labute approximate surface area is 158 Å². The van der Waals surface area contributed by atoms with Crippen molar-refractivity contribution in [2.75, 3.05) is 0 Å². The quantitative estimate of drug-likeness (QED) is 0.667. The number of carboxylic acids is 1. The van der Waals surface area contributed by atoms with Crippen LogP contribution in [-0.4, -0.2) is 20.6 Å². The number of allylic oxidation sites excluding steroid dienone is 2. The minimum atomic E-state index is -0.892. The van der Waals surface area contributed by atoms with Gasteiger partial charge in [0, 0.05) is 30.8 Å². The Morgan fingerprint density at radius 3 is 2.70 bits per heavy atom. The molecular weight excluding hydrogens is 340 g/mol. The van der Waals surface area contributed by atoms with Crippen LogP contribution in [-0.2, 0) is 11.2 Å². The molecule has 27 heavy (non-hydrogen) atoms. The Morgan fingerprint density at radius 2 is 2.00 bits per heavy atom. The zero-order valence-electron chi connectivity index (χ0n) is 15.0. The molecule has 0 fully saturated rings. The van der Waals surface area contributed by atoms with E-state index >= 15 is 0 Å². The molecule has 1 aromatic carbocycles. The highest BCUT2D eigenvalue weighted by atomic mass is 16.4. The minimum Gasteiger partial charge on any atom is -0.480 e. The molecule has 1 unspecified atom stereocenters. The molecule has 0 spiro atoms. The number of aromatic nitrogens is 2. The summed E-state index contributed by atoms with van der Waals surface area (Å²) >= 11 is 0. The molecule has 5 nitrogen and oxygen atoms in total. The van der Waals surface area contributed by atoms with Crippen molar-refractivity contribution in [2.24, 2.45) is 0 Å². The maximum absolute atomic E-state index is 11.3. The standard InChI is InChI=1S/C22H20N2O3/c1-17-19(23-21(27-17)18-11-5-4-6-12-18)13-7-2-3-8-14-20(22(25)26)24-15-9-10-16-24/h2,4-7,9-12,15-16,20H,13-14H2,1H3,(H,25,26)/b7-2+. The van der Waals surface area contributed by atoms with E-state index in [0.29, 0.717) is 12.3 Å². The normalized spacial score (nSPS) is 11.9. The zero-order valence-corrected chi connectivity index (χ0v) is 15.0. The largest absolute Gasteiger partial charge is 0.480 e. The average Bonchev–Trinajstić information content (AvgIpc) is 3.32. The number of hydrogen-bond donors (Lipinski definition) is 1. The summed E-state index contributed by atoms with van der Waals surface area (Å²) in [7, 11) is 0. The predicted molar refractivity (Wildman–Crippen MR) is 103 cm³/mol. The van der Waals surface area contributed by atoms with Gasteiger partial charge in [0.2, 0.25) is 5.89 Å². The lowest BCUT2D eigenvalue weighted by molar-refractivity contribution is -0.140. The van der Waals surface area contributed by atoms with E-state index < -0.39 is 12.0 Å². The van der Waals surface area contributed by atoms with Crippen LogP contribution in [0.4, 0.5) is 0 Å². The maximum Gasteiger partial charge on any atom is 0.327 e. The first kappa shape index (κ1) is 18.3. The van der Waals surface area contributed by atoms with Gasteiger partial charge in [-0.05, 0) is 37.3 Å². The Morgan fingerprint density at radius 1 is 1.26 bits per heavy atom. The third-order valence-corrected chi connectivity index (χ3v) is 4.10. The summed E-state index contributed by atoms with van der Waals surface area (Å²) in [6.45, 7) is 1.89. The van der Waals surface area contributed by atoms with E-state index in [2.05, 4.69) is 16.8 Å². The second kappa shape index (κ2) is 8.72. The van der Waals surface area contributed by atoms with Crippen molar-refractivity contribution in [3.05, 3.63) is 78.5 Å². The molecule has 1 N–H and O–H groups in total. The second-order valence-electron chi connectivity index (χ2n) is 6.00. The van der Waals surface area contributed by atoms with E-state index in [1.165, 1.54) is 0 Å². The second-order valence-corrected chi connectivity index (χ2v) is 6.00. The number of aryl methyl sites for hydroxylation is 1. The Kier molecular flexibility index (Phi) is 5.91. The molecule has 5 heteroatoms. The molecule has 0 aliphatic rings. The van der Waals surface area contributed by atoms with E-state index in [1.54, 1.807) is 35.2 Å². The monoisotopic (exact) mass is 360 g/mol. The summed E-state index contributed by atoms with van der Waals surface area (Å²) in [5, 5.41) is 9.30. The summed E-state index contributed by atoms with van der Waals surface area (Å²) in [5.74, 6) is 6.30. The highest BCUT2D eigenvalue weighted by Gasteiger charge is 2.16. The first-order valence-corrected chi connectivity index (χ1v) is 8.65. The number of rotatable bonds is 6. The lowest BCUT2D eigenvalue weighted by Gasteiger charge is -2.10.